The minimum atomic E-state index is 0.235. The monoisotopic (exact) mass is 277 g/mol. The van der Waals surface area contributed by atoms with Crippen LogP contribution in [0.2, 0.25) is 5.02 Å². The Labute approximate surface area is 115 Å². The third kappa shape index (κ3) is 2.51. The van der Waals surface area contributed by atoms with Crippen molar-refractivity contribution in [3.05, 3.63) is 40.9 Å². The van der Waals surface area contributed by atoms with Crippen LogP contribution in [0.4, 0.5) is 11.6 Å². The number of benzene rings is 1. The molecule has 2 heterocycles. The second kappa shape index (κ2) is 4.85. The molecule has 0 atom stereocenters. The smallest absolute Gasteiger partial charge is 0.231 e. The van der Waals surface area contributed by atoms with Gasteiger partial charge in [-0.25, -0.2) is 4.98 Å². The number of rotatable bonds is 3. The third-order valence-electron chi connectivity index (χ3n) is 2.77. The quantitative estimate of drug-likeness (QED) is 0.903. The molecule has 0 unspecified atom stereocenters. The highest BCUT2D eigenvalue weighted by Gasteiger charge is 2.16. The summed E-state index contributed by atoms with van der Waals surface area (Å²) in [7, 11) is 0. The SMILES string of the molecule is Nc1cccc(NCc2cc3c(cc2Cl)OCO3)n1. The van der Waals surface area contributed by atoms with E-state index in [-0.39, 0.29) is 6.79 Å². The second-order valence-corrected chi connectivity index (χ2v) is 4.51. The van der Waals surface area contributed by atoms with E-state index in [0.717, 1.165) is 5.56 Å². The van der Waals surface area contributed by atoms with E-state index in [2.05, 4.69) is 10.3 Å². The van der Waals surface area contributed by atoms with Crippen LogP contribution < -0.4 is 20.5 Å². The van der Waals surface area contributed by atoms with Crippen molar-refractivity contribution in [3.63, 3.8) is 0 Å². The number of nitrogens with one attached hydrogen (secondary N) is 1. The van der Waals surface area contributed by atoms with Gasteiger partial charge in [-0.15, -0.1) is 0 Å². The molecule has 0 saturated carbocycles. The van der Waals surface area contributed by atoms with E-state index in [4.69, 9.17) is 26.8 Å². The third-order valence-corrected chi connectivity index (χ3v) is 3.12. The maximum absolute atomic E-state index is 6.18. The van der Waals surface area contributed by atoms with Crippen molar-refractivity contribution in [2.45, 2.75) is 6.54 Å². The lowest BCUT2D eigenvalue weighted by molar-refractivity contribution is 0.174. The van der Waals surface area contributed by atoms with Crippen molar-refractivity contribution in [2.24, 2.45) is 0 Å². The Morgan fingerprint density at radius 1 is 1.26 bits per heavy atom. The second-order valence-electron chi connectivity index (χ2n) is 4.10. The number of pyridine rings is 1. The first-order valence-electron chi connectivity index (χ1n) is 5.77. The zero-order valence-corrected chi connectivity index (χ0v) is 10.8. The molecular formula is C13H12ClN3O2. The number of halogens is 1. The molecule has 1 aromatic heterocycles. The molecular weight excluding hydrogens is 266 g/mol. The topological polar surface area (TPSA) is 69.4 Å². The zero-order valence-electron chi connectivity index (χ0n) is 10.0. The Hall–Kier alpha value is -2.14. The van der Waals surface area contributed by atoms with Gasteiger partial charge in [-0.05, 0) is 23.8 Å². The highest BCUT2D eigenvalue weighted by atomic mass is 35.5. The van der Waals surface area contributed by atoms with Crippen LogP contribution >= 0.6 is 11.6 Å². The molecule has 5 nitrogen and oxygen atoms in total. The Bertz CT molecular complexity index is 619. The lowest BCUT2D eigenvalue weighted by Gasteiger charge is -2.08. The molecule has 19 heavy (non-hydrogen) atoms. The average molecular weight is 278 g/mol. The molecule has 0 saturated heterocycles. The summed E-state index contributed by atoms with van der Waals surface area (Å²) < 4.78 is 10.6. The minimum absolute atomic E-state index is 0.235. The molecule has 3 N–H and O–H groups in total. The summed E-state index contributed by atoms with van der Waals surface area (Å²) in [6.45, 7) is 0.769. The highest BCUT2D eigenvalue weighted by Crippen LogP contribution is 2.36. The number of fused-ring (bicyclic) bond motifs is 1. The van der Waals surface area contributed by atoms with Crippen molar-refractivity contribution < 1.29 is 9.47 Å². The minimum Gasteiger partial charge on any atom is -0.454 e. The van der Waals surface area contributed by atoms with E-state index in [9.17, 15) is 0 Å². The molecule has 0 aliphatic carbocycles. The van der Waals surface area contributed by atoms with Crippen LogP contribution in [0.25, 0.3) is 0 Å². The van der Waals surface area contributed by atoms with Crippen LogP contribution in [-0.4, -0.2) is 11.8 Å². The molecule has 0 spiro atoms. The van der Waals surface area contributed by atoms with E-state index >= 15 is 0 Å². The first-order valence-corrected chi connectivity index (χ1v) is 6.14. The summed E-state index contributed by atoms with van der Waals surface area (Å²) in [5.41, 5.74) is 6.53. The van der Waals surface area contributed by atoms with Gasteiger partial charge in [-0.1, -0.05) is 17.7 Å². The maximum Gasteiger partial charge on any atom is 0.231 e. The summed E-state index contributed by atoms with van der Waals surface area (Å²) in [6, 6.07) is 9.04. The molecule has 1 aliphatic rings. The molecule has 2 aromatic rings. The lowest BCUT2D eigenvalue weighted by atomic mass is 10.2. The van der Waals surface area contributed by atoms with Crippen molar-refractivity contribution >= 4 is 23.2 Å². The van der Waals surface area contributed by atoms with Crippen molar-refractivity contribution in [1.29, 1.82) is 0 Å². The normalized spacial score (nSPS) is 12.5. The van der Waals surface area contributed by atoms with E-state index in [1.807, 2.05) is 18.2 Å². The van der Waals surface area contributed by atoms with Crippen LogP contribution in [0.15, 0.2) is 30.3 Å². The number of aromatic nitrogens is 1. The summed E-state index contributed by atoms with van der Waals surface area (Å²) in [4.78, 5) is 4.16. The molecule has 0 amide bonds. The number of hydrogen-bond donors (Lipinski definition) is 2. The first-order chi connectivity index (χ1) is 9.22. The molecule has 6 heteroatoms. The van der Waals surface area contributed by atoms with Gasteiger partial charge < -0.3 is 20.5 Å². The summed E-state index contributed by atoms with van der Waals surface area (Å²) in [5.74, 6) is 2.56. The number of nitrogens with zero attached hydrogens (tertiary/aromatic N) is 1. The van der Waals surface area contributed by atoms with Gasteiger partial charge in [0.15, 0.2) is 11.5 Å². The standard InChI is InChI=1S/C13H12ClN3O2/c14-9-5-11-10(18-7-19-11)4-8(9)6-16-13-3-1-2-12(15)17-13/h1-5H,6-7H2,(H3,15,16,17). The van der Waals surface area contributed by atoms with E-state index in [1.165, 1.54) is 0 Å². The van der Waals surface area contributed by atoms with Crippen LogP contribution in [0.3, 0.4) is 0 Å². The molecule has 1 aromatic carbocycles. The highest BCUT2D eigenvalue weighted by molar-refractivity contribution is 6.31. The number of ether oxygens (including phenoxy) is 2. The van der Waals surface area contributed by atoms with Crippen LogP contribution in [0, 0.1) is 0 Å². The molecule has 3 rings (SSSR count). The van der Waals surface area contributed by atoms with Crippen LogP contribution in [0.1, 0.15) is 5.56 Å². The molecule has 0 bridgehead atoms. The summed E-state index contributed by atoms with van der Waals surface area (Å²) >= 11 is 6.18. The predicted octanol–water partition coefficient (Wildman–Crippen LogP) is 2.66. The van der Waals surface area contributed by atoms with Crippen LogP contribution in [-0.2, 0) is 6.54 Å². The van der Waals surface area contributed by atoms with Gasteiger partial charge in [0, 0.05) is 17.6 Å². The Balaban J connectivity index is 1.77. The average Bonchev–Trinajstić information content (AvgIpc) is 2.83. The van der Waals surface area contributed by atoms with Gasteiger partial charge in [0.2, 0.25) is 6.79 Å². The molecule has 0 fully saturated rings. The predicted molar refractivity (Wildman–Crippen MR) is 73.6 cm³/mol. The number of hydrogen-bond acceptors (Lipinski definition) is 5. The van der Waals surface area contributed by atoms with Crippen molar-refractivity contribution in [2.75, 3.05) is 17.8 Å². The lowest BCUT2D eigenvalue weighted by Crippen LogP contribution is -2.03. The van der Waals surface area contributed by atoms with Crippen molar-refractivity contribution in [1.82, 2.24) is 4.98 Å². The van der Waals surface area contributed by atoms with E-state index < -0.39 is 0 Å². The van der Waals surface area contributed by atoms with Gasteiger partial charge in [0.1, 0.15) is 11.6 Å². The summed E-state index contributed by atoms with van der Waals surface area (Å²) in [5, 5.41) is 3.79. The van der Waals surface area contributed by atoms with Gasteiger partial charge in [-0.2, -0.15) is 0 Å². The van der Waals surface area contributed by atoms with Gasteiger partial charge in [-0.3, -0.25) is 0 Å². The summed E-state index contributed by atoms with van der Waals surface area (Å²) in [6.07, 6.45) is 0. The number of nitrogens with two attached hydrogens (primary N) is 1. The fourth-order valence-corrected chi connectivity index (χ4v) is 2.05. The van der Waals surface area contributed by atoms with E-state index in [0.29, 0.717) is 34.7 Å². The Morgan fingerprint density at radius 3 is 2.84 bits per heavy atom. The van der Waals surface area contributed by atoms with Gasteiger partial charge in [0.05, 0.1) is 0 Å². The van der Waals surface area contributed by atoms with Crippen molar-refractivity contribution in [3.8, 4) is 11.5 Å². The van der Waals surface area contributed by atoms with Crippen LogP contribution in [0.5, 0.6) is 11.5 Å². The zero-order chi connectivity index (χ0) is 13.2. The molecule has 1 aliphatic heterocycles. The Morgan fingerprint density at radius 2 is 2.05 bits per heavy atom. The first kappa shape index (κ1) is 11.9. The largest absolute Gasteiger partial charge is 0.454 e. The fraction of sp³-hybridized carbons (Fsp3) is 0.154. The fourth-order valence-electron chi connectivity index (χ4n) is 1.83. The molecule has 98 valence electrons. The van der Waals surface area contributed by atoms with E-state index in [1.54, 1.807) is 12.1 Å². The van der Waals surface area contributed by atoms with Gasteiger partial charge >= 0.3 is 0 Å². The molecule has 0 radical (unpaired) electrons. The number of nitrogen functional groups attached to an aromatic ring is 1. The number of anilines is 2. The van der Waals surface area contributed by atoms with Gasteiger partial charge in [0.25, 0.3) is 0 Å². The Kier molecular flexibility index (Phi) is 3.05. The maximum atomic E-state index is 6.18.